The molecule has 0 aromatic heterocycles. The van der Waals surface area contributed by atoms with E-state index in [1.807, 2.05) is 0 Å². The summed E-state index contributed by atoms with van der Waals surface area (Å²) in [7, 11) is 0. The number of aliphatic hydroxyl groups excluding tert-OH is 1. The molecule has 0 radical (unpaired) electrons. The molecule has 2 aliphatic carbocycles. The fraction of sp³-hybridized carbons (Fsp3) is 1.00. The van der Waals surface area contributed by atoms with Crippen LogP contribution in [-0.4, -0.2) is 24.3 Å². The number of nitrogens with one attached hydrogen (secondary N) is 1. The summed E-state index contributed by atoms with van der Waals surface area (Å²) < 4.78 is 0. The lowest BCUT2D eigenvalue weighted by atomic mass is 9.83. The second-order valence-corrected chi connectivity index (χ2v) is 7.41. The van der Waals surface area contributed by atoms with Gasteiger partial charge in [-0.3, -0.25) is 0 Å². The van der Waals surface area contributed by atoms with Crippen LogP contribution in [0.3, 0.4) is 0 Å². The Labute approximate surface area is 119 Å². The topological polar surface area (TPSA) is 32.3 Å². The third-order valence-electron chi connectivity index (χ3n) is 5.83. The highest BCUT2D eigenvalue weighted by Gasteiger charge is 2.33. The summed E-state index contributed by atoms with van der Waals surface area (Å²) in [5.41, 5.74) is 0.258. The van der Waals surface area contributed by atoms with Crippen molar-refractivity contribution in [2.45, 2.75) is 77.7 Å². The first-order chi connectivity index (χ1) is 9.15. The van der Waals surface area contributed by atoms with E-state index in [-0.39, 0.29) is 5.41 Å². The average molecular weight is 267 g/mol. The Kier molecular flexibility index (Phi) is 5.70. The summed E-state index contributed by atoms with van der Waals surface area (Å²) in [4.78, 5) is 0. The maximum atomic E-state index is 9.66. The van der Waals surface area contributed by atoms with E-state index in [1.54, 1.807) is 0 Å². The van der Waals surface area contributed by atoms with Crippen molar-refractivity contribution in [3.05, 3.63) is 0 Å². The Morgan fingerprint density at radius 1 is 1.05 bits per heavy atom. The lowest BCUT2D eigenvalue weighted by molar-refractivity contribution is 0.118. The zero-order chi connectivity index (χ0) is 13.7. The standard InChI is InChI=1S/C17H33NO/c1-14-5-7-15(2)16(8-6-14)18-12-11-17(13-19)9-3-4-10-17/h14-16,18-19H,3-13H2,1-2H3. The molecule has 0 aliphatic heterocycles. The molecule has 2 rings (SSSR count). The molecule has 0 bridgehead atoms. The third kappa shape index (κ3) is 4.19. The lowest BCUT2D eigenvalue weighted by Crippen LogP contribution is -2.37. The fourth-order valence-electron chi connectivity index (χ4n) is 4.08. The van der Waals surface area contributed by atoms with Crippen LogP contribution < -0.4 is 5.32 Å². The van der Waals surface area contributed by atoms with Crippen LogP contribution >= 0.6 is 0 Å². The van der Waals surface area contributed by atoms with E-state index in [2.05, 4.69) is 19.2 Å². The van der Waals surface area contributed by atoms with Gasteiger partial charge in [0.25, 0.3) is 0 Å². The minimum Gasteiger partial charge on any atom is -0.396 e. The van der Waals surface area contributed by atoms with E-state index in [0.29, 0.717) is 12.6 Å². The zero-order valence-corrected chi connectivity index (χ0v) is 13.0. The van der Waals surface area contributed by atoms with Crippen molar-refractivity contribution in [3.8, 4) is 0 Å². The Hall–Kier alpha value is -0.0800. The largest absolute Gasteiger partial charge is 0.396 e. The summed E-state index contributed by atoms with van der Waals surface area (Å²) in [6.07, 6.45) is 11.8. The average Bonchev–Trinajstić information content (AvgIpc) is 2.83. The van der Waals surface area contributed by atoms with Gasteiger partial charge in [0.05, 0.1) is 0 Å². The van der Waals surface area contributed by atoms with Crippen LogP contribution in [0, 0.1) is 17.3 Å². The molecule has 2 heteroatoms. The molecule has 2 aliphatic rings. The molecular formula is C17H33NO. The van der Waals surface area contributed by atoms with E-state index in [0.717, 1.165) is 18.4 Å². The van der Waals surface area contributed by atoms with Gasteiger partial charge < -0.3 is 10.4 Å². The van der Waals surface area contributed by atoms with Gasteiger partial charge >= 0.3 is 0 Å². The van der Waals surface area contributed by atoms with Crippen LogP contribution in [0.5, 0.6) is 0 Å². The molecule has 0 spiro atoms. The van der Waals surface area contributed by atoms with Gasteiger partial charge in [-0.05, 0) is 62.3 Å². The summed E-state index contributed by atoms with van der Waals surface area (Å²) in [5.74, 6) is 1.73. The predicted octanol–water partition coefficient (Wildman–Crippen LogP) is 3.73. The molecule has 0 aromatic rings. The van der Waals surface area contributed by atoms with Crippen LogP contribution in [0.15, 0.2) is 0 Å². The van der Waals surface area contributed by atoms with Crippen LogP contribution in [0.25, 0.3) is 0 Å². The molecule has 112 valence electrons. The highest BCUT2D eigenvalue weighted by molar-refractivity contribution is 4.86. The Balaban J connectivity index is 1.75. The monoisotopic (exact) mass is 267 g/mol. The molecule has 0 saturated heterocycles. The van der Waals surface area contributed by atoms with E-state index >= 15 is 0 Å². The first kappa shape index (κ1) is 15.3. The van der Waals surface area contributed by atoms with Gasteiger partial charge in [-0.1, -0.05) is 33.1 Å². The first-order valence-electron chi connectivity index (χ1n) is 8.49. The molecule has 2 saturated carbocycles. The quantitative estimate of drug-likeness (QED) is 0.744. The van der Waals surface area contributed by atoms with Crippen LogP contribution in [0.2, 0.25) is 0 Å². The van der Waals surface area contributed by atoms with Crippen molar-refractivity contribution in [3.63, 3.8) is 0 Å². The zero-order valence-electron chi connectivity index (χ0n) is 13.0. The molecule has 0 aromatic carbocycles. The molecule has 3 unspecified atom stereocenters. The fourth-order valence-corrected chi connectivity index (χ4v) is 4.08. The predicted molar refractivity (Wildman–Crippen MR) is 81.2 cm³/mol. The van der Waals surface area contributed by atoms with Gasteiger partial charge in [-0.15, -0.1) is 0 Å². The van der Waals surface area contributed by atoms with E-state index in [9.17, 15) is 5.11 Å². The summed E-state index contributed by atoms with van der Waals surface area (Å²) >= 11 is 0. The third-order valence-corrected chi connectivity index (χ3v) is 5.83. The van der Waals surface area contributed by atoms with E-state index in [4.69, 9.17) is 0 Å². The normalized spacial score (nSPS) is 35.2. The van der Waals surface area contributed by atoms with E-state index < -0.39 is 0 Å². The van der Waals surface area contributed by atoms with Crippen molar-refractivity contribution < 1.29 is 5.11 Å². The smallest absolute Gasteiger partial charge is 0.0487 e. The van der Waals surface area contributed by atoms with Crippen molar-refractivity contribution in [2.75, 3.05) is 13.2 Å². The SMILES string of the molecule is CC1CCC(C)C(NCCC2(CO)CCCC2)CC1. The van der Waals surface area contributed by atoms with Crippen LogP contribution in [0.4, 0.5) is 0 Å². The van der Waals surface area contributed by atoms with Gasteiger partial charge in [0.1, 0.15) is 0 Å². The maximum Gasteiger partial charge on any atom is 0.0487 e. The lowest BCUT2D eigenvalue weighted by Gasteiger charge is -2.29. The van der Waals surface area contributed by atoms with Crippen molar-refractivity contribution in [1.82, 2.24) is 5.32 Å². The second-order valence-electron chi connectivity index (χ2n) is 7.41. The van der Waals surface area contributed by atoms with Crippen molar-refractivity contribution >= 4 is 0 Å². The minimum atomic E-state index is 0.258. The maximum absolute atomic E-state index is 9.66. The molecule has 0 amide bonds. The summed E-state index contributed by atoms with van der Waals surface area (Å²) in [5, 5.41) is 13.5. The number of aliphatic hydroxyl groups is 1. The number of hydrogen-bond acceptors (Lipinski definition) is 2. The van der Waals surface area contributed by atoms with Gasteiger partial charge in [-0.2, -0.15) is 0 Å². The van der Waals surface area contributed by atoms with Gasteiger partial charge in [0.15, 0.2) is 0 Å². The molecule has 2 nitrogen and oxygen atoms in total. The summed E-state index contributed by atoms with van der Waals surface area (Å²) in [6.45, 7) is 6.30. The summed E-state index contributed by atoms with van der Waals surface area (Å²) in [6, 6.07) is 0.710. The number of rotatable bonds is 5. The molecule has 3 atom stereocenters. The highest BCUT2D eigenvalue weighted by Crippen LogP contribution is 2.40. The van der Waals surface area contributed by atoms with E-state index in [1.165, 1.54) is 57.8 Å². The Bertz CT molecular complexity index is 260. The van der Waals surface area contributed by atoms with Gasteiger partial charge in [0, 0.05) is 12.6 Å². The Morgan fingerprint density at radius 2 is 1.74 bits per heavy atom. The molecule has 2 N–H and O–H groups in total. The van der Waals surface area contributed by atoms with Crippen LogP contribution in [-0.2, 0) is 0 Å². The molecule has 0 heterocycles. The van der Waals surface area contributed by atoms with Gasteiger partial charge in [-0.25, -0.2) is 0 Å². The molecule has 2 fully saturated rings. The highest BCUT2D eigenvalue weighted by atomic mass is 16.3. The Morgan fingerprint density at radius 3 is 2.42 bits per heavy atom. The minimum absolute atomic E-state index is 0.258. The van der Waals surface area contributed by atoms with Crippen molar-refractivity contribution in [2.24, 2.45) is 17.3 Å². The van der Waals surface area contributed by atoms with Gasteiger partial charge in [0.2, 0.25) is 0 Å². The molecular weight excluding hydrogens is 234 g/mol. The van der Waals surface area contributed by atoms with Crippen molar-refractivity contribution in [1.29, 1.82) is 0 Å². The van der Waals surface area contributed by atoms with Crippen LogP contribution in [0.1, 0.15) is 71.6 Å². The number of hydrogen-bond donors (Lipinski definition) is 2. The first-order valence-corrected chi connectivity index (χ1v) is 8.49. The molecule has 19 heavy (non-hydrogen) atoms. The second kappa shape index (κ2) is 7.08.